The number of alkyl carbamates (subject to hydrolysis) is 1. The van der Waals surface area contributed by atoms with E-state index in [1.807, 2.05) is 44.2 Å². The second-order valence-electron chi connectivity index (χ2n) is 7.98. The number of pyridine rings is 1. The minimum absolute atomic E-state index is 0.205. The Morgan fingerprint density at radius 3 is 2.61 bits per heavy atom. The van der Waals surface area contributed by atoms with Gasteiger partial charge in [0, 0.05) is 17.1 Å². The summed E-state index contributed by atoms with van der Waals surface area (Å²) in [5.74, 6) is -0.194. The van der Waals surface area contributed by atoms with Gasteiger partial charge in [-0.3, -0.25) is 9.78 Å². The Bertz CT molecular complexity index is 851. The molecule has 2 N–H and O–H groups in total. The van der Waals surface area contributed by atoms with Crippen LogP contribution in [-0.2, 0) is 9.53 Å². The van der Waals surface area contributed by atoms with Crippen LogP contribution >= 0.6 is 0 Å². The summed E-state index contributed by atoms with van der Waals surface area (Å²) < 4.78 is 5.25. The Morgan fingerprint density at radius 1 is 1.21 bits per heavy atom. The van der Waals surface area contributed by atoms with Crippen LogP contribution in [0.3, 0.4) is 0 Å². The number of hydrogen-bond donors (Lipinski definition) is 2. The highest BCUT2D eigenvalue weighted by atomic mass is 16.6. The van der Waals surface area contributed by atoms with E-state index in [0.29, 0.717) is 6.42 Å². The van der Waals surface area contributed by atoms with Crippen LogP contribution in [0.2, 0.25) is 0 Å². The summed E-state index contributed by atoms with van der Waals surface area (Å²) in [6.45, 7) is 9.26. The van der Waals surface area contributed by atoms with Crippen LogP contribution < -0.4 is 10.7 Å². The van der Waals surface area contributed by atoms with Crippen LogP contribution in [0.15, 0.2) is 41.6 Å². The molecule has 1 aromatic carbocycles. The van der Waals surface area contributed by atoms with Crippen LogP contribution in [0.4, 0.5) is 4.79 Å². The summed E-state index contributed by atoms with van der Waals surface area (Å²) in [6.07, 6.45) is 3.10. The summed E-state index contributed by atoms with van der Waals surface area (Å²) in [6, 6.07) is 8.82. The van der Waals surface area contributed by atoms with E-state index in [4.69, 9.17) is 4.74 Å². The molecule has 0 saturated carbocycles. The first-order valence-corrected chi connectivity index (χ1v) is 9.32. The number of fused-ring (bicyclic) bond motifs is 1. The molecule has 2 rings (SSSR count). The fraction of sp³-hybridized carbons (Fsp3) is 0.429. The van der Waals surface area contributed by atoms with Gasteiger partial charge in [0.15, 0.2) is 0 Å². The lowest BCUT2D eigenvalue weighted by Gasteiger charge is -2.23. The molecule has 2 amide bonds. The predicted molar refractivity (Wildman–Crippen MR) is 110 cm³/mol. The lowest BCUT2D eigenvalue weighted by atomic mass is 10.0. The van der Waals surface area contributed by atoms with Gasteiger partial charge in [-0.05, 0) is 39.2 Å². The van der Waals surface area contributed by atoms with Gasteiger partial charge in [-0.15, -0.1) is 0 Å². The summed E-state index contributed by atoms with van der Waals surface area (Å²) in [5.41, 5.74) is 3.46. The van der Waals surface area contributed by atoms with E-state index in [1.165, 1.54) is 0 Å². The Hall–Kier alpha value is -2.96. The molecule has 28 heavy (non-hydrogen) atoms. The minimum Gasteiger partial charge on any atom is -0.444 e. The number of ether oxygens (including phenoxy) is 1. The minimum atomic E-state index is -0.738. The highest BCUT2D eigenvalue weighted by Crippen LogP contribution is 2.14. The molecule has 0 fully saturated rings. The average Bonchev–Trinajstić information content (AvgIpc) is 2.59. The molecule has 2 aromatic rings. The standard InChI is InChI=1S/C21H28N4O3/c1-14(2)12-17(24-20(27)28-21(3,4)5)19(26)25-23-13-16-9-6-8-15-10-7-11-22-18(15)16/h6-11,13-14,17H,12H2,1-5H3,(H,24,27)(H,25,26)/t17-/m0/s1. The molecule has 0 aliphatic heterocycles. The number of carbonyl (C=O) groups excluding carboxylic acids is 2. The average molecular weight is 384 g/mol. The van der Waals surface area contributed by atoms with E-state index >= 15 is 0 Å². The molecular weight excluding hydrogens is 356 g/mol. The van der Waals surface area contributed by atoms with E-state index in [2.05, 4.69) is 20.8 Å². The van der Waals surface area contributed by atoms with Crippen molar-refractivity contribution in [3.8, 4) is 0 Å². The van der Waals surface area contributed by atoms with Crippen LogP contribution in [0.1, 0.15) is 46.6 Å². The van der Waals surface area contributed by atoms with Crippen LogP contribution in [0.25, 0.3) is 10.9 Å². The Kier molecular flexibility index (Phi) is 7.09. The number of amides is 2. The van der Waals surface area contributed by atoms with E-state index in [1.54, 1.807) is 33.2 Å². The van der Waals surface area contributed by atoms with Gasteiger partial charge in [-0.1, -0.05) is 38.1 Å². The molecule has 0 aliphatic carbocycles. The molecule has 0 spiro atoms. The maximum absolute atomic E-state index is 12.5. The molecule has 0 saturated heterocycles. The van der Waals surface area contributed by atoms with Crippen molar-refractivity contribution in [2.75, 3.05) is 0 Å². The van der Waals surface area contributed by atoms with Crippen molar-refractivity contribution in [3.05, 3.63) is 42.1 Å². The Labute approximate surface area is 165 Å². The normalized spacial score (nSPS) is 12.9. The van der Waals surface area contributed by atoms with Crippen molar-refractivity contribution in [2.24, 2.45) is 11.0 Å². The Balaban J connectivity index is 2.06. The molecule has 0 radical (unpaired) electrons. The molecule has 150 valence electrons. The monoisotopic (exact) mass is 384 g/mol. The number of para-hydroxylation sites is 1. The van der Waals surface area contributed by atoms with Crippen LogP contribution in [0, 0.1) is 5.92 Å². The third-order valence-electron chi connectivity index (χ3n) is 3.76. The first-order valence-electron chi connectivity index (χ1n) is 9.32. The SMILES string of the molecule is CC(C)C[C@H](NC(=O)OC(C)(C)C)C(=O)NN=Cc1cccc2cccnc12. The molecule has 0 aliphatic rings. The Morgan fingerprint density at radius 2 is 1.93 bits per heavy atom. The molecule has 0 unspecified atom stereocenters. The molecule has 1 aromatic heterocycles. The smallest absolute Gasteiger partial charge is 0.408 e. The molecule has 1 atom stereocenters. The summed E-state index contributed by atoms with van der Waals surface area (Å²) >= 11 is 0. The zero-order valence-electron chi connectivity index (χ0n) is 17.0. The molecule has 0 bridgehead atoms. The number of carbonyl (C=O) groups is 2. The lowest BCUT2D eigenvalue weighted by Crippen LogP contribution is -2.47. The molecule has 7 heteroatoms. The van der Waals surface area contributed by atoms with E-state index in [0.717, 1.165) is 16.5 Å². The zero-order chi connectivity index (χ0) is 20.7. The second kappa shape index (κ2) is 9.30. The van der Waals surface area contributed by atoms with Gasteiger partial charge in [0.25, 0.3) is 5.91 Å². The van der Waals surface area contributed by atoms with Gasteiger partial charge in [-0.2, -0.15) is 5.10 Å². The van der Waals surface area contributed by atoms with Crippen molar-refractivity contribution in [3.63, 3.8) is 0 Å². The third-order valence-corrected chi connectivity index (χ3v) is 3.76. The van der Waals surface area contributed by atoms with E-state index in [9.17, 15) is 9.59 Å². The topological polar surface area (TPSA) is 92.7 Å². The zero-order valence-corrected chi connectivity index (χ0v) is 17.0. The van der Waals surface area contributed by atoms with E-state index in [-0.39, 0.29) is 5.92 Å². The van der Waals surface area contributed by atoms with Crippen molar-refractivity contribution >= 4 is 29.1 Å². The summed E-state index contributed by atoms with van der Waals surface area (Å²) in [4.78, 5) is 28.9. The second-order valence-corrected chi connectivity index (χ2v) is 7.98. The number of nitrogens with zero attached hydrogens (tertiary/aromatic N) is 2. The molecule has 7 nitrogen and oxygen atoms in total. The van der Waals surface area contributed by atoms with Gasteiger partial charge in [0.1, 0.15) is 11.6 Å². The van der Waals surface area contributed by atoms with Gasteiger partial charge in [0.2, 0.25) is 0 Å². The van der Waals surface area contributed by atoms with E-state index < -0.39 is 23.6 Å². The highest BCUT2D eigenvalue weighted by molar-refractivity contribution is 5.97. The molecular formula is C21H28N4O3. The van der Waals surface area contributed by atoms with Crippen LogP contribution in [-0.4, -0.2) is 34.8 Å². The van der Waals surface area contributed by atoms with Crippen molar-refractivity contribution in [1.82, 2.24) is 15.7 Å². The lowest BCUT2D eigenvalue weighted by molar-refractivity contribution is -0.123. The summed E-state index contributed by atoms with van der Waals surface area (Å²) in [7, 11) is 0. The highest BCUT2D eigenvalue weighted by Gasteiger charge is 2.25. The first kappa shape index (κ1) is 21.3. The number of hydrogen-bond acceptors (Lipinski definition) is 5. The fourth-order valence-electron chi connectivity index (χ4n) is 2.63. The number of rotatable bonds is 6. The third kappa shape index (κ3) is 6.64. The van der Waals surface area contributed by atoms with Gasteiger partial charge >= 0.3 is 6.09 Å². The fourth-order valence-corrected chi connectivity index (χ4v) is 2.63. The van der Waals surface area contributed by atoms with Crippen LogP contribution in [0.5, 0.6) is 0 Å². The van der Waals surface area contributed by atoms with Gasteiger partial charge in [-0.25, -0.2) is 10.2 Å². The van der Waals surface area contributed by atoms with Crippen molar-refractivity contribution in [1.29, 1.82) is 0 Å². The summed E-state index contributed by atoms with van der Waals surface area (Å²) in [5, 5.41) is 7.66. The first-order chi connectivity index (χ1) is 13.2. The number of hydrazone groups is 1. The maximum Gasteiger partial charge on any atom is 0.408 e. The largest absolute Gasteiger partial charge is 0.444 e. The van der Waals surface area contributed by atoms with Gasteiger partial charge in [0.05, 0.1) is 11.7 Å². The van der Waals surface area contributed by atoms with Crippen molar-refractivity contribution in [2.45, 2.75) is 52.7 Å². The quantitative estimate of drug-likeness (QED) is 0.588. The number of aromatic nitrogens is 1. The molecule has 1 heterocycles. The van der Waals surface area contributed by atoms with Crippen molar-refractivity contribution < 1.29 is 14.3 Å². The number of benzene rings is 1. The van der Waals surface area contributed by atoms with Gasteiger partial charge < -0.3 is 10.1 Å². The predicted octanol–water partition coefficient (Wildman–Crippen LogP) is 3.62. The maximum atomic E-state index is 12.5. The number of nitrogens with one attached hydrogen (secondary N) is 2.